The molecule has 0 bridgehead atoms. The fraction of sp³-hybridized carbons (Fsp3) is 0.333. The van der Waals surface area contributed by atoms with Crippen LogP contribution in [0, 0.1) is 11.3 Å². The highest BCUT2D eigenvalue weighted by molar-refractivity contribution is 7.16. The topological polar surface area (TPSA) is 71.3 Å². The Hall–Kier alpha value is -2.52. The van der Waals surface area contributed by atoms with Crippen molar-refractivity contribution in [2.24, 2.45) is 0 Å². The Balaban J connectivity index is 1.56. The monoisotopic (exact) mass is 340 g/mol. The lowest BCUT2D eigenvalue weighted by molar-refractivity contribution is -0.127. The average Bonchev–Trinajstić information content (AvgIpc) is 3.14. The number of fused-ring (bicyclic) bond motifs is 2. The molecular weight excluding hydrogens is 324 g/mol. The second-order valence-corrected chi connectivity index (χ2v) is 7.08. The molecule has 1 amide bonds. The molecule has 1 aromatic heterocycles. The summed E-state index contributed by atoms with van der Waals surface area (Å²) in [5, 5.41) is 12.9. The van der Waals surface area contributed by atoms with Crippen molar-refractivity contribution in [2.45, 2.75) is 38.4 Å². The van der Waals surface area contributed by atoms with Crippen LogP contribution < -0.4 is 14.8 Å². The summed E-state index contributed by atoms with van der Waals surface area (Å²) in [6.07, 6.45) is 1.83. The van der Waals surface area contributed by atoms with Crippen LogP contribution in [-0.2, 0) is 17.6 Å². The summed E-state index contributed by atoms with van der Waals surface area (Å²) in [5.41, 5.74) is 1.70. The molecule has 0 spiro atoms. The maximum atomic E-state index is 12.7. The molecule has 0 saturated carbocycles. The number of thiophene rings is 1. The number of nitrogens with one attached hydrogen (secondary N) is 1. The minimum absolute atomic E-state index is 0.284. The van der Waals surface area contributed by atoms with E-state index in [1.807, 2.05) is 18.2 Å². The van der Waals surface area contributed by atoms with Crippen molar-refractivity contribution in [2.75, 3.05) is 5.32 Å². The van der Waals surface area contributed by atoms with E-state index in [-0.39, 0.29) is 5.91 Å². The molecule has 6 heteroatoms. The molecule has 0 unspecified atom stereocenters. The number of hydrogen-bond acceptors (Lipinski definition) is 5. The normalized spacial score (nSPS) is 21.0. The van der Waals surface area contributed by atoms with Crippen LogP contribution in [0.15, 0.2) is 24.3 Å². The SMILES string of the molecule is C[C@H]1Oc2ccccc2O[C@@H]1C(=O)Nc1sc2c(c1C#N)CCC2. The van der Waals surface area contributed by atoms with Crippen LogP contribution in [0.3, 0.4) is 0 Å². The van der Waals surface area contributed by atoms with Crippen molar-refractivity contribution in [3.8, 4) is 17.6 Å². The van der Waals surface area contributed by atoms with Crippen molar-refractivity contribution in [1.29, 1.82) is 5.26 Å². The predicted octanol–water partition coefficient (Wildman–Crippen LogP) is 3.28. The summed E-state index contributed by atoms with van der Waals surface area (Å²) in [4.78, 5) is 13.9. The number of amides is 1. The maximum absolute atomic E-state index is 12.7. The Morgan fingerprint density at radius 3 is 2.79 bits per heavy atom. The molecular formula is C18H16N2O3S. The summed E-state index contributed by atoms with van der Waals surface area (Å²) < 4.78 is 11.6. The van der Waals surface area contributed by atoms with Crippen LogP contribution in [0.1, 0.15) is 29.3 Å². The Morgan fingerprint density at radius 2 is 2.04 bits per heavy atom. The van der Waals surface area contributed by atoms with Crippen LogP contribution in [0.2, 0.25) is 0 Å². The Bertz CT molecular complexity index is 852. The minimum atomic E-state index is -0.747. The van der Waals surface area contributed by atoms with Crippen molar-refractivity contribution in [3.05, 3.63) is 40.3 Å². The zero-order chi connectivity index (χ0) is 16.7. The van der Waals surface area contributed by atoms with E-state index in [9.17, 15) is 10.1 Å². The van der Waals surface area contributed by atoms with Gasteiger partial charge in [0.15, 0.2) is 11.5 Å². The highest BCUT2D eigenvalue weighted by Gasteiger charge is 2.35. The number of carbonyl (C=O) groups is 1. The van der Waals surface area contributed by atoms with Crippen LogP contribution in [0.5, 0.6) is 11.5 Å². The number of benzene rings is 1. The lowest BCUT2D eigenvalue weighted by atomic mass is 10.1. The third-order valence-corrected chi connectivity index (χ3v) is 5.58. The highest BCUT2D eigenvalue weighted by atomic mass is 32.1. The molecule has 0 radical (unpaired) electrons. The number of para-hydroxylation sites is 2. The molecule has 2 heterocycles. The van der Waals surface area contributed by atoms with Crippen molar-refractivity contribution in [3.63, 3.8) is 0 Å². The number of ether oxygens (including phenoxy) is 2. The quantitative estimate of drug-likeness (QED) is 0.911. The number of carbonyl (C=O) groups excluding carboxylic acids is 1. The Kier molecular flexibility index (Phi) is 3.66. The van der Waals surface area contributed by atoms with Gasteiger partial charge in [-0.15, -0.1) is 11.3 Å². The van der Waals surface area contributed by atoms with Gasteiger partial charge < -0.3 is 14.8 Å². The average molecular weight is 340 g/mol. The zero-order valence-corrected chi connectivity index (χ0v) is 14.0. The van der Waals surface area contributed by atoms with Gasteiger partial charge in [-0.25, -0.2) is 0 Å². The third kappa shape index (κ3) is 2.42. The molecule has 1 aliphatic heterocycles. The van der Waals surface area contributed by atoms with E-state index in [1.54, 1.807) is 13.0 Å². The van der Waals surface area contributed by atoms with E-state index in [0.29, 0.717) is 22.1 Å². The van der Waals surface area contributed by atoms with Gasteiger partial charge in [0.25, 0.3) is 5.91 Å². The number of nitriles is 1. The molecule has 122 valence electrons. The molecule has 24 heavy (non-hydrogen) atoms. The number of hydrogen-bond donors (Lipinski definition) is 1. The molecule has 0 saturated heterocycles. The van der Waals surface area contributed by atoms with Gasteiger partial charge in [0.1, 0.15) is 17.2 Å². The van der Waals surface area contributed by atoms with Gasteiger partial charge in [0.05, 0.1) is 5.56 Å². The molecule has 1 N–H and O–H groups in total. The summed E-state index contributed by atoms with van der Waals surface area (Å²) in [5.74, 6) is 0.917. The van der Waals surface area contributed by atoms with Crippen molar-refractivity contribution >= 4 is 22.2 Å². The minimum Gasteiger partial charge on any atom is -0.482 e. The standard InChI is InChI=1S/C18H16N2O3S/c1-10-16(23-14-7-3-2-6-13(14)22-10)17(21)20-18-12(9-19)11-5-4-8-15(11)24-18/h2-3,6-7,10,16H,4-5,8H2,1H3,(H,20,21)/t10-,16+/m1/s1. The lowest BCUT2D eigenvalue weighted by Gasteiger charge is -2.30. The van der Waals surface area contributed by atoms with Gasteiger partial charge >= 0.3 is 0 Å². The summed E-state index contributed by atoms with van der Waals surface area (Å²) in [6, 6.07) is 9.53. The Labute approximate surface area is 143 Å². The fourth-order valence-electron chi connectivity index (χ4n) is 3.20. The molecule has 1 aromatic carbocycles. The lowest BCUT2D eigenvalue weighted by Crippen LogP contribution is -2.46. The van der Waals surface area contributed by atoms with Gasteiger partial charge in [-0.3, -0.25) is 4.79 Å². The van der Waals surface area contributed by atoms with Crippen molar-refractivity contribution in [1.82, 2.24) is 0 Å². The Morgan fingerprint density at radius 1 is 1.29 bits per heavy atom. The first-order valence-electron chi connectivity index (χ1n) is 7.95. The van der Waals surface area contributed by atoms with Gasteiger partial charge in [-0.1, -0.05) is 12.1 Å². The van der Waals surface area contributed by atoms with Gasteiger partial charge in [0.2, 0.25) is 6.10 Å². The maximum Gasteiger partial charge on any atom is 0.270 e. The first-order chi connectivity index (χ1) is 11.7. The first-order valence-corrected chi connectivity index (χ1v) is 8.77. The van der Waals surface area contributed by atoms with E-state index in [4.69, 9.17) is 9.47 Å². The van der Waals surface area contributed by atoms with E-state index in [2.05, 4.69) is 11.4 Å². The second kappa shape index (κ2) is 5.84. The van der Waals surface area contributed by atoms with Crippen LogP contribution in [0.4, 0.5) is 5.00 Å². The summed E-state index contributed by atoms with van der Waals surface area (Å²) in [6.45, 7) is 1.81. The van der Waals surface area contributed by atoms with Crippen molar-refractivity contribution < 1.29 is 14.3 Å². The largest absolute Gasteiger partial charge is 0.482 e. The van der Waals surface area contributed by atoms with E-state index in [0.717, 1.165) is 24.8 Å². The molecule has 2 aromatic rings. The number of aryl methyl sites for hydroxylation is 1. The van der Waals surface area contributed by atoms with Crippen LogP contribution >= 0.6 is 11.3 Å². The van der Waals surface area contributed by atoms with E-state index in [1.165, 1.54) is 16.2 Å². The number of rotatable bonds is 2. The van der Waals surface area contributed by atoms with Crippen LogP contribution in [-0.4, -0.2) is 18.1 Å². The predicted molar refractivity (Wildman–Crippen MR) is 90.6 cm³/mol. The molecule has 5 nitrogen and oxygen atoms in total. The molecule has 2 aliphatic rings. The third-order valence-electron chi connectivity index (χ3n) is 4.37. The molecule has 2 atom stereocenters. The van der Waals surface area contributed by atoms with Gasteiger partial charge in [-0.2, -0.15) is 5.26 Å². The fourth-order valence-corrected chi connectivity index (χ4v) is 4.44. The molecule has 0 fully saturated rings. The molecule has 1 aliphatic carbocycles. The number of anilines is 1. The summed E-state index contributed by atoms with van der Waals surface area (Å²) >= 11 is 1.50. The van der Waals surface area contributed by atoms with Gasteiger partial charge in [0, 0.05) is 4.88 Å². The summed E-state index contributed by atoms with van der Waals surface area (Å²) in [7, 11) is 0. The number of nitrogens with zero attached hydrogens (tertiary/aromatic N) is 1. The van der Waals surface area contributed by atoms with E-state index >= 15 is 0 Å². The van der Waals surface area contributed by atoms with Crippen LogP contribution in [0.25, 0.3) is 0 Å². The second-order valence-electron chi connectivity index (χ2n) is 5.97. The smallest absolute Gasteiger partial charge is 0.270 e. The van der Waals surface area contributed by atoms with Gasteiger partial charge in [-0.05, 0) is 43.9 Å². The van der Waals surface area contributed by atoms with E-state index < -0.39 is 12.2 Å². The first kappa shape index (κ1) is 15.0. The molecule has 4 rings (SSSR count). The highest BCUT2D eigenvalue weighted by Crippen LogP contribution is 2.39. The zero-order valence-electron chi connectivity index (χ0n) is 13.2.